The second-order valence-corrected chi connectivity index (χ2v) is 5.72. The molecule has 0 aliphatic carbocycles. The summed E-state index contributed by atoms with van der Waals surface area (Å²) in [7, 11) is 6.79. The zero-order valence-corrected chi connectivity index (χ0v) is 13.6. The molecule has 8 heteroatoms. The number of carbonyl (C=O) groups excluding carboxylic acids is 2. The molecule has 1 rings (SSSR count). The van der Waals surface area contributed by atoms with Gasteiger partial charge in [0.05, 0.1) is 12.8 Å². The van der Waals surface area contributed by atoms with Crippen LogP contribution in [0.4, 0.5) is 10.7 Å². The van der Waals surface area contributed by atoms with Crippen LogP contribution in [0.2, 0.25) is 0 Å². The molecule has 1 amide bonds. The van der Waals surface area contributed by atoms with E-state index >= 15 is 0 Å². The topological polar surface area (TPSA) is 96.7 Å². The summed E-state index contributed by atoms with van der Waals surface area (Å²) in [6, 6.07) is 0. The number of carbonyl (C=O) groups is 2. The fourth-order valence-electron chi connectivity index (χ4n) is 1.75. The molecule has 0 spiro atoms. The highest BCUT2D eigenvalue weighted by Crippen LogP contribution is 2.36. The summed E-state index contributed by atoms with van der Waals surface area (Å²) in [5, 5.41) is 6.23. The molecule has 0 bridgehead atoms. The van der Waals surface area contributed by atoms with Crippen LogP contribution in [-0.4, -0.2) is 58.1 Å². The fraction of sp³-hybridized carbons (Fsp3) is 0.538. The highest BCUT2D eigenvalue weighted by Gasteiger charge is 2.25. The summed E-state index contributed by atoms with van der Waals surface area (Å²) in [6.45, 7) is 1.60. The van der Waals surface area contributed by atoms with Crippen LogP contribution < -0.4 is 16.4 Å². The van der Waals surface area contributed by atoms with Crippen molar-refractivity contribution in [2.75, 3.05) is 52.4 Å². The first-order chi connectivity index (χ1) is 9.92. The summed E-state index contributed by atoms with van der Waals surface area (Å²) in [6.07, 6.45) is 0.903. The molecule has 0 aromatic carbocycles. The second kappa shape index (κ2) is 7.84. The molecular formula is C13H22N4O3S. The smallest absolute Gasteiger partial charge is 0.343 e. The number of esters is 1. The first-order valence-electron chi connectivity index (χ1n) is 6.53. The van der Waals surface area contributed by atoms with E-state index in [0.717, 1.165) is 24.3 Å². The van der Waals surface area contributed by atoms with Crippen LogP contribution in [0.3, 0.4) is 0 Å². The number of ether oxygens (including phenoxy) is 1. The van der Waals surface area contributed by atoms with E-state index in [4.69, 9.17) is 10.5 Å². The van der Waals surface area contributed by atoms with Crippen molar-refractivity contribution in [3.63, 3.8) is 0 Å². The van der Waals surface area contributed by atoms with Crippen molar-refractivity contribution in [2.45, 2.75) is 6.42 Å². The van der Waals surface area contributed by atoms with E-state index in [1.165, 1.54) is 14.2 Å². The molecule has 0 fully saturated rings. The standard InChI is InChI=1S/C13H22N4O3S/c1-15-11(18)10-9(14)8(13(19)20-4)12(21-10)16-6-5-7-17(2)3/h16H,5-7,14H2,1-4H3,(H,15,18). The van der Waals surface area contributed by atoms with E-state index in [2.05, 4.69) is 15.5 Å². The molecule has 0 saturated carbocycles. The summed E-state index contributed by atoms with van der Waals surface area (Å²) >= 11 is 1.16. The number of nitrogens with two attached hydrogens (primary N) is 1. The maximum atomic E-state index is 11.8. The van der Waals surface area contributed by atoms with E-state index in [1.54, 1.807) is 0 Å². The molecule has 0 atom stereocenters. The van der Waals surface area contributed by atoms with Crippen LogP contribution in [0.25, 0.3) is 0 Å². The number of rotatable bonds is 7. The van der Waals surface area contributed by atoms with E-state index < -0.39 is 5.97 Å². The molecule has 118 valence electrons. The maximum absolute atomic E-state index is 11.8. The predicted molar refractivity (Wildman–Crippen MR) is 85.1 cm³/mol. The molecule has 21 heavy (non-hydrogen) atoms. The zero-order valence-electron chi connectivity index (χ0n) is 12.8. The van der Waals surface area contributed by atoms with Crippen LogP contribution in [0.5, 0.6) is 0 Å². The third-order valence-electron chi connectivity index (χ3n) is 2.84. The largest absolute Gasteiger partial charge is 0.465 e. The molecule has 4 N–H and O–H groups in total. The SMILES string of the molecule is CNC(=O)c1sc(NCCCN(C)C)c(C(=O)OC)c1N. The van der Waals surface area contributed by atoms with E-state index in [-0.39, 0.29) is 17.2 Å². The molecule has 1 aromatic heterocycles. The van der Waals surface area contributed by atoms with Gasteiger partial charge in [-0.25, -0.2) is 4.79 Å². The van der Waals surface area contributed by atoms with Gasteiger partial charge in [-0.05, 0) is 27.1 Å². The lowest BCUT2D eigenvalue weighted by Crippen LogP contribution is -2.18. The quantitative estimate of drug-likeness (QED) is 0.510. The van der Waals surface area contributed by atoms with Crippen LogP contribution in [0.1, 0.15) is 26.5 Å². The minimum absolute atomic E-state index is 0.154. The molecule has 1 aromatic rings. The van der Waals surface area contributed by atoms with Gasteiger partial charge >= 0.3 is 5.97 Å². The highest BCUT2D eigenvalue weighted by atomic mass is 32.1. The first-order valence-corrected chi connectivity index (χ1v) is 7.35. The van der Waals surface area contributed by atoms with Gasteiger partial charge in [-0.2, -0.15) is 0 Å². The lowest BCUT2D eigenvalue weighted by atomic mass is 10.2. The normalized spacial score (nSPS) is 10.5. The Balaban J connectivity index is 2.95. The van der Waals surface area contributed by atoms with Gasteiger partial charge in [0, 0.05) is 13.6 Å². The van der Waals surface area contributed by atoms with Gasteiger partial charge in [-0.15, -0.1) is 11.3 Å². The Morgan fingerprint density at radius 2 is 2.05 bits per heavy atom. The lowest BCUT2D eigenvalue weighted by molar-refractivity contribution is 0.0603. The molecule has 0 radical (unpaired) electrons. The number of thiophene rings is 1. The maximum Gasteiger partial charge on any atom is 0.343 e. The van der Waals surface area contributed by atoms with Crippen LogP contribution in [-0.2, 0) is 4.74 Å². The molecule has 7 nitrogen and oxygen atoms in total. The second-order valence-electron chi connectivity index (χ2n) is 4.70. The van der Waals surface area contributed by atoms with Gasteiger partial charge in [0.1, 0.15) is 15.4 Å². The van der Waals surface area contributed by atoms with Gasteiger partial charge < -0.3 is 26.0 Å². The third-order valence-corrected chi connectivity index (χ3v) is 4.00. The van der Waals surface area contributed by atoms with Gasteiger partial charge in [-0.3, -0.25) is 4.79 Å². The van der Waals surface area contributed by atoms with Gasteiger partial charge in [0.15, 0.2) is 0 Å². The third kappa shape index (κ3) is 4.33. The summed E-state index contributed by atoms with van der Waals surface area (Å²) in [5.41, 5.74) is 6.29. The molecule has 1 heterocycles. The predicted octanol–water partition coefficient (Wildman–Crippen LogP) is 0.840. The Bertz CT molecular complexity index is 514. The van der Waals surface area contributed by atoms with E-state index in [1.807, 2.05) is 14.1 Å². The van der Waals surface area contributed by atoms with Crippen molar-refractivity contribution >= 4 is 33.9 Å². The van der Waals surface area contributed by atoms with Crippen LogP contribution in [0.15, 0.2) is 0 Å². The number of hydrogen-bond donors (Lipinski definition) is 3. The molecule has 0 aliphatic heterocycles. The molecular weight excluding hydrogens is 292 g/mol. The Morgan fingerprint density at radius 3 is 2.57 bits per heavy atom. The Labute approximate surface area is 128 Å². The molecule has 0 unspecified atom stereocenters. The van der Waals surface area contributed by atoms with E-state index in [9.17, 15) is 9.59 Å². The monoisotopic (exact) mass is 314 g/mol. The fourth-order valence-corrected chi connectivity index (χ4v) is 2.83. The molecule has 0 aliphatic rings. The van der Waals surface area contributed by atoms with Gasteiger partial charge in [0.2, 0.25) is 0 Å². The molecule has 0 saturated heterocycles. The number of nitrogens with zero attached hydrogens (tertiary/aromatic N) is 1. The highest BCUT2D eigenvalue weighted by molar-refractivity contribution is 7.19. The number of amides is 1. The summed E-state index contributed by atoms with van der Waals surface area (Å²) in [4.78, 5) is 26.0. The van der Waals surface area contributed by atoms with Crippen molar-refractivity contribution in [1.82, 2.24) is 10.2 Å². The van der Waals surface area contributed by atoms with Crippen molar-refractivity contribution in [2.24, 2.45) is 0 Å². The summed E-state index contributed by atoms with van der Waals surface area (Å²) < 4.78 is 4.74. The average molecular weight is 314 g/mol. The Kier molecular flexibility index (Phi) is 6.44. The number of hydrogen-bond acceptors (Lipinski definition) is 7. The zero-order chi connectivity index (χ0) is 16.0. The van der Waals surface area contributed by atoms with Crippen molar-refractivity contribution in [3.8, 4) is 0 Å². The van der Waals surface area contributed by atoms with Crippen molar-refractivity contribution in [1.29, 1.82) is 0 Å². The van der Waals surface area contributed by atoms with Crippen LogP contribution in [0, 0.1) is 0 Å². The lowest BCUT2D eigenvalue weighted by Gasteiger charge is -2.10. The van der Waals surface area contributed by atoms with Crippen molar-refractivity contribution in [3.05, 3.63) is 10.4 Å². The minimum atomic E-state index is -0.547. The average Bonchev–Trinajstić information content (AvgIpc) is 2.78. The van der Waals surface area contributed by atoms with E-state index in [0.29, 0.717) is 16.4 Å². The number of nitrogen functional groups attached to an aromatic ring is 1. The van der Waals surface area contributed by atoms with Gasteiger partial charge in [0.25, 0.3) is 5.91 Å². The van der Waals surface area contributed by atoms with Crippen molar-refractivity contribution < 1.29 is 14.3 Å². The Morgan fingerprint density at radius 1 is 1.38 bits per heavy atom. The number of methoxy groups -OCH3 is 1. The minimum Gasteiger partial charge on any atom is -0.465 e. The van der Waals surface area contributed by atoms with Gasteiger partial charge in [-0.1, -0.05) is 0 Å². The Hall–Kier alpha value is -1.80. The van der Waals surface area contributed by atoms with Crippen LogP contribution >= 0.6 is 11.3 Å². The number of nitrogens with one attached hydrogen (secondary N) is 2. The summed E-state index contributed by atoms with van der Waals surface area (Å²) in [5.74, 6) is -0.863. The first kappa shape index (κ1) is 17.3. The number of anilines is 2.